The highest BCUT2D eigenvalue weighted by atomic mass is 32.1. The molecule has 3 rings (SSSR count). The van der Waals surface area contributed by atoms with Gasteiger partial charge >= 0.3 is 5.97 Å². The molecule has 2 heterocycles. The molecule has 110 valence electrons. The van der Waals surface area contributed by atoms with Crippen LogP contribution in [0.3, 0.4) is 0 Å². The highest BCUT2D eigenvalue weighted by Gasteiger charge is 2.31. The molecule has 0 saturated heterocycles. The molecule has 0 spiro atoms. The number of fused-ring (bicyclic) bond motifs is 1. The summed E-state index contributed by atoms with van der Waals surface area (Å²) in [6, 6.07) is 12.0. The van der Waals surface area contributed by atoms with Crippen molar-refractivity contribution in [1.29, 1.82) is 0 Å². The van der Waals surface area contributed by atoms with Crippen molar-refractivity contribution in [2.75, 3.05) is 0 Å². The normalized spacial score (nSPS) is 18.4. The first-order chi connectivity index (χ1) is 10.2. The van der Waals surface area contributed by atoms with Gasteiger partial charge in [-0.2, -0.15) is 0 Å². The van der Waals surface area contributed by atoms with E-state index in [0.29, 0.717) is 13.0 Å². The van der Waals surface area contributed by atoms with Crippen molar-refractivity contribution in [3.8, 4) is 0 Å². The standard InChI is InChI=1S/C17H19NO2S/c1-2-14-7-8-15(21-14)11-18-10-13-6-4-3-5-12(13)9-16(18)17(19)20/h3-8,16H,2,9-11H2,1H3,(H,19,20). The molecule has 1 unspecified atom stereocenters. The van der Waals surface area contributed by atoms with Crippen LogP contribution in [0.4, 0.5) is 0 Å². The van der Waals surface area contributed by atoms with Gasteiger partial charge in [-0.05, 0) is 36.1 Å². The minimum absolute atomic E-state index is 0.424. The molecule has 0 saturated carbocycles. The molecule has 0 radical (unpaired) electrons. The second-order valence-electron chi connectivity index (χ2n) is 5.45. The number of rotatable bonds is 4. The van der Waals surface area contributed by atoms with Gasteiger partial charge in [0.2, 0.25) is 0 Å². The number of carboxylic acid groups (broad SMARTS) is 1. The first kappa shape index (κ1) is 14.3. The van der Waals surface area contributed by atoms with Gasteiger partial charge in [0.05, 0.1) is 0 Å². The van der Waals surface area contributed by atoms with Crippen LogP contribution in [0, 0.1) is 0 Å². The number of hydrogen-bond acceptors (Lipinski definition) is 3. The van der Waals surface area contributed by atoms with Gasteiger partial charge in [-0.15, -0.1) is 11.3 Å². The number of nitrogens with zero attached hydrogens (tertiary/aromatic N) is 1. The Bertz CT molecular complexity index is 650. The molecule has 3 nitrogen and oxygen atoms in total. The molecule has 1 atom stereocenters. The summed E-state index contributed by atoms with van der Waals surface area (Å²) in [7, 11) is 0. The van der Waals surface area contributed by atoms with E-state index in [1.165, 1.54) is 20.9 Å². The van der Waals surface area contributed by atoms with E-state index in [9.17, 15) is 9.90 Å². The molecule has 0 aliphatic carbocycles. The van der Waals surface area contributed by atoms with E-state index in [2.05, 4.69) is 30.0 Å². The molecule has 1 N–H and O–H groups in total. The number of carboxylic acids is 1. The summed E-state index contributed by atoms with van der Waals surface area (Å²) in [5.41, 5.74) is 2.42. The van der Waals surface area contributed by atoms with Crippen LogP contribution in [0.1, 0.15) is 27.8 Å². The van der Waals surface area contributed by atoms with Crippen LogP contribution < -0.4 is 0 Å². The minimum atomic E-state index is -0.725. The lowest BCUT2D eigenvalue weighted by Crippen LogP contribution is -2.44. The average molecular weight is 301 g/mol. The SMILES string of the molecule is CCc1ccc(CN2Cc3ccccc3CC2C(=O)O)s1. The van der Waals surface area contributed by atoms with Crippen molar-refractivity contribution in [2.24, 2.45) is 0 Å². The van der Waals surface area contributed by atoms with Crippen LogP contribution in [0.5, 0.6) is 0 Å². The van der Waals surface area contributed by atoms with E-state index in [4.69, 9.17) is 0 Å². The predicted octanol–water partition coefficient (Wildman–Crippen LogP) is 3.32. The fourth-order valence-electron chi connectivity index (χ4n) is 2.88. The molecular formula is C17H19NO2S. The van der Waals surface area contributed by atoms with Gasteiger partial charge in [-0.1, -0.05) is 31.2 Å². The molecule has 1 aromatic carbocycles. The average Bonchev–Trinajstić information content (AvgIpc) is 2.94. The molecule has 21 heavy (non-hydrogen) atoms. The van der Waals surface area contributed by atoms with Crippen LogP contribution in [0.25, 0.3) is 0 Å². The van der Waals surface area contributed by atoms with E-state index in [-0.39, 0.29) is 0 Å². The maximum atomic E-state index is 11.6. The lowest BCUT2D eigenvalue weighted by Gasteiger charge is -2.34. The van der Waals surface area contributed by atoms with E-state index in [1.807, 2.05) is 18.2 Å². The second-order valence-corrected chi connectivity index (χ2v) is 6.71. The Morgan fingerprint density at radius 3 is 2.62 bits per heavy atom. The van der Waals surface area contributed by atoms with Crippen LogP contribution in [0.2, 0.25) is 0 Å². The van der Waals surface area contributed by atoms with Crippen molar-refractivity contribution < 1.29 is 9.90 Å². The highest BCUT2D eigenvalue weighted by molar-refractivity contribution is 7.11. The van der Waals surface area contributed by atoms with Crippen molar-refractivity contribution >= 4 is 17.3 Å². The minimum Gasteiger partial charge on any atom is -0.480 e. The lowest BCUT2D eigenvalue weighted by atomic mass is 9.94. The molecule has 0 fully saturated rings. The van der Waals surface area contributed by atoms with Gasteiger partial charge in [-0.25, -0.2) is 0 Å². The zero-order valence-corrected chi connectivity index (χ0v) is 12.9. The summed E-state index contributed by atoms with van der Waals surface area (Å²) in [5.74, 6) is -0.725. The Morgan fingerprint density at radius 1 is 1.24 bits per heavy atom. The van der Waals surface area contributed by atoms with E-state index in [1.54, 1.807) is 11.3 Å². The van der Waals surface area contributed by atoms with Crippen molar-refractivity contribution in [1.82, 2.24) is 4.90 Å². The largest absolute Gasteiger partial charge is 0.480 e. The third-order valence-corrected chi connectivity index (χ3v) is 5.27. The first-order valence-corrected chi connectivity index (χ1v) is 8.10. The number of carbonyl (C=O) groups is 1. The van der Waals surface area contributed by atoms with Gasteiger partial charge < -0.3 is 5.11 Å². The van der Waals surface area contributed by atoms with Crippen LogP contribution in [-0.4, -0.2) is 22.0 Å². The summed E-state index contributed by atoms with van der Waals surface area (Å²) in [6.07, 6.45) is 1.63. The summed E-state index contributed by atoms with van der Waals surface area (Å²) < 4.78 is 0. The maximum Gasteiger partial charge on any atom is 0.321 e. The van der Waals surface area contributed by atoms with Gasteiger partial charge in [0, 0.05) is 22.8 Å². The quantitative estimate of drug-likeness (QED) is 0.942. The van der Waals surface area contributed by atoms with E-state index < -0.39 is 12.0 Å². The lowest BCUT2D eigenvalue weighted by molar-refractivity contribution is -0.144. The van der Waals surface area contributed by atoms with Crippen molar-refractivity contribution in [3.05, 3.63) is 57.3 Å². The van der Waals surface area contributed by atoms with E-state index in [0.717, 1.165) is 13.0 Å². The molecule has 1 aliphatic heterocycles. The Balaban J connectivity index is 1.83. The summed E-state index contributed by atoms with van der Waals surface area (Å²) in [4.78, 5) is 16.3. The molecule has 0 bridgehead atoms. The Hall–Kier alpha value is -1.65. The summed E-state index contributed by atoms with van der Waals surface area (Å²) in [5, 5.41) is 9.53. The number of hydrogen-bond donors (Lipinski definition) is 1. The van der Waals surface area contributed by atoms with Crippen LogP contribution in [-0.2, 0) is 30.7 Å². The number of benzene rings is 1. The van der Waals surface area contributed by atoms with Gasteiger partial charge in [0.25, 0.3) is 0 Å². The van der Waals surface area contributed by atoms with Crippen LogP contribution in [0.15, 0.2) is 36.4 Å². The summed E-state index contributed by atoms with van der Waals surface area (Å²) >= 11 is 1.79. The Labute approximate surface area is 128 Å². The van der Waals surface area contributed by atoms with Gasteiger partial charge in [0.1, 0.15) is 6.04 Å². The van der Waals surface area contributed by atoms with Crippen LogP contribution >= 0.6 is 11.3 Å². The molecule has 4 heteroatoms. The summed E-state index contributed by atoms with van der Waals surface area (Å²) in [6.45, 7) is 3.58. The van der Waals surface area contributed by atoms with Crippen molar-refractivity contribution in [2.45, 2.75) is 38.9 Å². The molecule has 1 aliphatic rings. The molecule has 1 aromatic heterocycles. The van der Waals surface area contributed by atoms with Gasteiger partial charge in [0.15, 0.2) is 0 Å². The molecular weight excluding hydrogens is 282 g/mol. The molecule has 0 amide bonds. The highest BCUT2D eigenvalue weighted by Crippen LogP contribution is 2.27. The third kappa shape index (κ3) is 3.01. The predicted molar refractivity (Wildman–Crippen MR) is 84.5 cm³/mol. The molecule has 2 aromatic rings. The number of aryl methyl sites for hydroxylation is 1. The van der Waals surface area contributed by atoms with E-state index >= 15 is 0 Å². The van der Waals surface area contributed by atoms with Gasteiger partial charge in [-0.3, -0.25) is 9.69 Å². The fourth-order valence-corrected chi connectivity index (χ4v) is 3.87. The zero-order chi connectivity index (χ0) is 14.8. The Morgan fingerprint density at radius 2 is 1.95 bits per heavy atom. The Kier molecular flexibility index (Phi) is 4.08. The monoisotopic (exact) mass is 301 g/mol. The number of thiophene rings is 1. The first-order valence-electron chi connectivity index (χ1n) is 7.28. The third-order valence-electron chi connectivity index (χ3n) is 4.06. The maximum absolute atomic E-state index is 11.6. The second kappa shape index (κ2) is 6.00. The topological polar surface area (TPSA) is 40.5 Å². The fraction of sp³-hybridized carbons (Fsp3) is 0.353. The zero-order valence-electron chi connectivity index (χ0n) is 12.1. The number of aliphatic carboxylic acids is 1. The smallest absolute Gasteiger partial charge is 0.321 e. The van der Waals surface area contributed by atoms with Crippen molar-refractivity contribution in [3.63, 3.8) is 0 Å².